The van der Waals surface area contributed by atoms with Crippen molar-refractivity contribution in [1.82, 2.24) is 0 Å². The summed E-state index contributed by atoms with van der Waals surface area (Å²) in [5.74, 6) is 1.81. The third-order valence-corrected chi connectivity index (χ3v) is 6.47. The van der Waals surface area contributed by atoms with Crippen molar-refractivity contribution in [2.45, 2.75) is 39.0 Å². The Balaban J connectivity index is 2.02. The van der Waals surface area contributed by atoms with Crippen molar-refractivity contribution in [3.8, 4) is 0 Å². The van der Waals surface area contributed by atoms with Gasteiger partial charge < -0.3 is 5.11 Å². The van der Waals surface area contributed by atoms with E-state index >= 15 is 0 Å². The highest BCUT2D eigenvalue weighted by atomic mass is 32.2. The third kappa shape index (κ3) is 2.14. The van der Waals surface area contributed by atoms with Crippen molar-refractivity contribution < 1.29 is 13.5 Å². The van der Waals surface area contributed by atoms with Gasteiger partial charge in [0.25, 0.3) is 0 Å². The summed E-state index contributed by atoms with van der Waals surface area (Å²) in [6.07, 6.45) is 5.41. The van der Waals surface area contributed by atoms with Crippen molar-refractivity contribution in [3.05, 3.63) is 0 Å². The second-order valence-electron chi connectivity index (χ2n) is 5.59. The molecule has 0 spiro atoms. The van der Waals surface area contributed by atoms with E-state index in [9.17, 15) is 13.5 Å². The lowest BCUT2D eigenvalue weighted by Gasteiger charge is -2.36. The number of sulfone groups is 1. The Kier molecular flexibility index (Phi) is 3.32. The van der Waals surface area contributed by atoms with Crippen LogP contribution in [0.25, 0.3) is 0 Å². The summed E-state index contributed by atoms with van der Waals surface area (Å²) in [4.78, 5) is 0. The van der Waals surface area contributed by atoms with E-state index in [1.807, 2.05) is 0 Å². The van der Waals surface area contributed by atoms with Gasteiger partial charge in [0.2, 0.25) is 0 Å². The van der Waals surface area contributed by atoms with E-state index in [0.717, 1.165) is 12.3 Å². The van der Waals surface area contributed by atoms with Crippen LogP contribution in [0.4, 0.5) is 0 Å². The SMILES string of the molecule is CCS(=O)(=O)CCC1(CO)CC2CCC1C2. The predicted molar refractivity (Wildman–Crippen MR) is 63.9 cm³/mol. The molecule has 94 valence electrons. The number of aliphatic hydroxyl groups is 1. The zero-order valence-electron chi connectivity index (χ0n) is 9.98. The predicted octanol–water partition coefficient (Wildman–Crippen LogP) is 1.61. The quantitative estimate of drug-likeness (QED) is 0.802. The Morgan fingerprint density at radius 1 is 1.38 bits per heavy atom. The molecular formula is C12H22O3S. The van der Waals surface area contributed by atoms with Gasteiger partial charge in [0.1, 0.15) is 9.84 Å². The van der Waals surface area contributed by atoms with Crippen molar-refractivity contribution >= 4 is 9.84 Å². The van der Waals surface area contributed by atoms with Crippen LogP contribution >= 0.6 is 0 Å². The molecule has 2 rings (SSSR count). The lowest BCUT2D eigenvalue weighted by Crippen LogP contribution is -2.34. The maximum absolute atomic E-state index is 11.5. The van der Waals surface area contributed by atoms with Gasteiger partial charge in [0.05, 0.1) is 5.75 Å². The van der Waals surface area contributed by atoms with Gasteiger partial charge in [0.15, 0.2) is 0 Å². The molecule has 2 bridgehead atoms. The lowest BCUT2D eigenvalue weighted by molar-refractivity contribution is 0.0619. The molecule has 2 fully saturated rings. The molecule has 3 nitrogen and oxygen atoms in total. The molecule has 0 aliphatic heterocycles. The molecule has 0 aromatic carbocycles. The van der Waals surface area contributed by atoms with Crippen LogP contribution in [-0.4, -0.2) is 31.6 Å². The second-order valence-corrected chi connectivity index (χ2v) is 8.06. The highest BCUT2D eigenvalue weighted by molar-refractivity contribution is 7.91. The molecule has 0 radical (unpaired) electrons. The molecule has 3 unspecified atom stereocenters. The van der Waals surface area contributed by atoms with Crippen molar-refractivity contribution in [3.63, 3.8) is 0 Å². The molecule has 0 amide bonds. The summed E-state index contributed by atoms with van der Waals surface area (Å²) in [6, 6.07) is 0. The minimum atomic E-state index is -2.88. The van der Waals surface area contributed by atoms with Crippen LogP contribution in [0.1, 0.15) is 39.0 Å². The van der Waals surface area contributed by atoms with Crippen molar-refractivity contribution in [1.29, 1.82) is 0 Å². The third-order valence-electron chi connectivity index (χ3n) is 4.77. The number of rotatable bonds is 5. The average Bonchev–Trinajstić information content (AvgIpc) is 2.87. The summed E-state index contributed by atoms with van der Waals surface area (Å²) in [7, 11) is -2.88. The first-order valence-corrected chi connectivity index (χ1v) is 8.15. The van der Waals surface area contributed by atoms with E-state index in [-0.39, 0.29) is 23.5 Å². The van der Waals surface area contributed by atoms with Crippen molar-refractivity contribution in [2.24, 2.45) is 17.3 Å². The Morgan fingerprint density at radius 3 is 2.56 bits per heavy atom. The summed E-state index contributed by atoms with van der Waals surface area (Å²) in [5, 5.41) is 9.61. The monoisotopic (exact) mass is 246 g/mol. The molecule has 3 atom stereocenters. The van der Waals surface area contributed by atoms with Crippen LogP contribution < -0.4 is 0 Å². The van der Waals surface area contributed by atoms with E-state index in [1.54, 1.807) is 6.92 Å². The second kappa shape index (κ2) is 4.30. The molecule has 1 N–H and O–H groups in total. The molecule has 2 aliphatic carbocycles. The molecule has 0 saturated heterocycles. The normalized spacial score (nSPS) is 38.1. The fourth-order valence-corrected chi connectivity index (χ4v) is 4.65. The summed E-state index contributed by atoms with van der Waals surface area (Å²) in [5.41, 5.74) is -0.0643. The molecule has 0 aromatic heterocycles. The van der Waals surface area contributed by atoms with Crippen LogP contribution in [0.2, 0.25) is 0 Å². The van der Waals surface area contributed by atoms with Crippen molar-refractivity contribution in [2.75, 3.05) is 18.1 Å². The lowest BCUT2D eigenvalue weighted by atomic mass is 9.72. The zero-order valence-corrected chi connectivity index (χ0v) is 10.8. The van der Waals surface area contributed by atoms with Crippen LogP contribution in [-0.2, 0) is 9.84 Å². The van der Waals surface area contributed by atoms with Gasteiger partial charge >= 0.3 is 0 Å². The van der Waals surface area contributed by atoms with Crippen LogP contribution in [0, 0.1) is 17.3 Å². The highest BCUT2D eigenvalue weighted by Gasteiger charge is 2.50. The Bertz CT molecular complexity index is 349. The minimum absolute atomic E-state index is 0.0643. The van der Waals surface area contributed by atoms with Crippen LogP contribution in [0.3, 0.4) is 0 Å². The number of fused-ring (bicyclic) bond motifs is 2. The van der Waals surface area contributed by atoms with Gasteiger partial charge in [0, 0.05) is 12.4 Å². The smallest absolute Gasteiger partial charge is 0.150 e. The molecular weight excluding hydrogens is 224 g/mol. The average molecular weight is 246 g/mol. The topological polar surface area (TPSA) is 54.4 Å². The van der Waals surface area contributed by atoms with Gasteiger partial charge in [-0.1, -0.05) is 13.3 Å². The van der Waals surface area contributed by atoms with E-state index in [2.05, 4.69) is 0 Å². The number of hydrogen-bond acceptors (Lipinski definition) is 3. The highest BCUT2D eigenvalue weighted by Crippen LogP contribution is 2.57. The van der Waals surface area contributed by atoms with Gasteiger partial charge in [-0.2, -0.15) is 0 Å². The first-order valence-electron chi connectivity index (χ1n) is 6.32. The Hall–Kier alpha value is -0.0900. The van der Waals surface area contributed by atoms with E-state index in [0.29, 0.717) is 12.3 Å². The number of aliphatic hydroxyl groups excluding tert-OH is 1. The molecule has 2 saturated carbocycles. The summed E-state index contributed by atoms with van der Waals surface area (Å²) in [6.45, 7) is 1.87. The van der Waals surface area contributed by atoms with E-state index in [1.165, 1.54) is 19.3 Å². The molecule has 16 heavy (non-hydrogen) atoms. The van der Waals surface area contributed by atoms with E-state index < -0.39 is 9.84 Å². The Morgan fingerprint density at radius 2 is 2.12 bits per heavy atom. The van der Waals surface area contributed by atoms with E-state index in [4.69, 9.17) is 0 Å². The van der Waals surface area contributed by atoms with Crippen LogP contribution in [0.15, 0.2) is 0 Å². The molecule has 2 aliphatic rings. The molecule has 4 heteroatoms. The zero-order chi connectivity index (χ0) is 11.8. The Labute approximate surface area is 98.2 Å². The summed E-state index contributed by atoms with van der Waals surface area (Å²) < 4.78 is 23.1. The summed E-state index contributed by atoms with van der Waals surface area (Å²) >= 11 is 0. The molecule has 0 aromatic rings. The van der Waals surface area contributed by atoms with Gasteiger partial charge in [-0.15, -0.1) is 0 Å². The standard InChI is InChI=1S/C12H22O3S/c1-2-16(14,15)6-5-12(9-13)8-10-3-4-11(12)7-10/h10-11,13H,2-9H2,1H3. The number of hydrogen-bond donors (Lipinski definition) is 1. The molecule has 0 heterocycles. The first kappa shape index (κ1) is 12.4. The maximum atomic E-state index is 11.5. The minimum Gasteiger partial charge on any atom is -0.396 e. The van der Waals surface area contributed by atoms with Gasteiger partial charge in [-0.3, -0.25) is 0 Å². The largest absolute Gasteiger partial charge is 0.396 e. The van der Waals surface area contributed by atoms with Gasteiger partial charge in [-0.05, 0) is 42.9 Å². The maximum Gasteiger partial charge on any atom is 0.150 e. The fraction of sp³-hybridized carbons (Fsp3) is 1.00. The van der Waals surface area contributed by atoms with Crippen LogP contribution in [0.5, 0.6) is 0 Å². The fourth-order valence-electron chi connectivity index (χ4n) is 3.64. The van der Waals surface area contributed by atoms with Gasteiger partial charge in [-0.25, -0.2) is 8.42 Å². The first-order chi connectivity index (χ1) is 7.51.